The highest BCUT2D eigenvalue weighted by molar-refractivity contribution is 6.33. The van der Waals surface area contributed by atoms with Crippen LogP contribution in [0.5, 0.6) is 0 Å². The van der Waals surface area contributed by atoms with Crippen molar-refractivity contribution in [3.05, 3.63) is 40.6 Å². The lowest BCUT2D eigenvalue weighted by Gasteiger charge is -2.09. The van der Waals surface area contributed by atoms with Crippen molar-refractivity contribution in [2.24, 2.45) is 0 Å². The molecular formula is C11H5ClF3NO2. The minimum Gasteiger partial charge on any atom is -0.363 e. The molecule has 0 saturated heterocycles. The van der Waals surface area contributed by atoms with Crippen LogP contribution in [0.1, 0.15) is 15.9 Å². The van der Waals surface area contributed by atoms with Gasteiger partial charge in [-0.1, -0.05) is 16.8 Å². The van der Waals surface area contributed by atoms with Crippen LogP contribution >= 0.6 is 11.6 Å². The first kappa shape index (κ1) is 12.6. The first-order valence-corrected chi connectivity index (χ1v) is 5.08. The Morgan fingerprint density at radius 2 is 2.06 bits per heavy atom. The number of halogens is 4. The Kier molecular flexibility index (Phi) is 3.13. The Balaban J connectivity index is 2.60. The number of aromatic nitrogens is 1. The Morgan fingerprint density at radius 1 is 1.33 bits per heavy atom. The van der Waals surface area contributed by atoms with E-state index in [1.807, 2.05) is 0 Å². The molecule has 1 heterocycles. The number of rotatable bonds is 2. The Bertz CT molecular complexity index is 592. The maximum absolute atomic E-state index is 12.6. The molecule has 0 unspecified atom stereocenters. The summed E-state index contributed by atoms with van der Waals surface area (Å²) < 4.78 is 42.3. The summed E-state index contributed by atoms with van der Waals surface area (Å²) in [6.45, 7) is 0. The average Bonchev–Trinajstić information content (AvgIpc) is 2.76. The molecule has 0 spiro atoms. The molecule has 0 aliphatic heterocycles. The normalized spacial score (nSPS) is 11.6. The summed E-state index contributed by atoms with van der Waals surface area (Å²) in [7, 11) is 0. The predicted octanol–water partition coefficient (Wildman–Crippen LogP) is 3.83. The van der Waals surface area contributed by atoms with Crippen molar-refractivity contribution in [1.82, 2.24) is 5.16 Å². The first-order valence-electron chi connectivity index (χ1n) is 4.70. The fourth-order valence-electron chi connectivity index (χ4n) is 1.42. The van der Waals surface area contributed by atoms with E-state index in [9.17, 15) is 18.0 Å². The van der Waals surface area contributed by atoms with Crippen LogP contribution in [0.2, 0.25) is 5.02 Å². The summed E-state index contributed by atoms with van der Waals surface area (Å²) in [5.41, 5.74) is -0.846. The summed E-state index contributed by atoms with van der Waals surface area (Å²) >= 11 is 5.80. The van der Waals surface area contributed by atoms with Crippen LogP contribution in [0.3, 0.4) is 0 Å². The molecule has 18 heavy (non-hydrogen) atoms. The molecule has 0 N–H and O–H groups in total. The van der Waals surface area contributed by atoms with Crippen molar-refractivity contribution in [3.63, 3.8) is 0 Å². The van der Waals surface area contributed by atoms with Crippen LogP contribution in [0.15, 0.2) is 29.0 Å². The highest BCUT2D eigenvalue weighted by Crippen LogP contribution is 2.36. The summed E-state index contributed by atoms with van der Waals surface area (Å²) in [5.74, 6) is 0. The second-order valence-electron chi connectivity index (χ2n) is 3.43. The van der Waals surface area contributed by atoms with Gasteiger partial charge in [-0.3, -0.25) is 4.79 Å². The molecule has 94 valence electrons. The van der Waals surface area contributed by atoms with Gasteiger partial charge in [0.1, 0.15) is 12.0 Å². The Morgan fingerprint density at radius 3 is 2.67 bits per heavy atom. The van der Waals surface area contributed by atoms with Crippen molar-refractivity contribution in [2.45, 2.75) is 6.18 Å². The van der Waals surface area contributed by atoms with E-state index in [1.54, 1.807) is 0 Å². The van der Waals surface area contributed by atoms with Crippen LogP contribution in [-0.2, 0) is 6.18 Å². The average molecular weight is 276 g/mol. The number of carbonyl (C=O) groups excluding carboxylic acids is 1. The Labute approximate surface area is 104 Å². The van der Waals surface area contributed by atoms with Gasteiger partial charge in [0.25, 0.3) is 0 Å². The lowest BCUT2D eigenvalue weighted by atomic mass is 10.1. The molecule has 1 aromatic heterocycles. The van der Waals surface area contributed by atoms with E-state index in [4.69, 9.17) is 11.6 Å². The third-order valence-electron chi connectivity index (χ3n) is 2.27. The zero-order chi connectivity index (χ0) is 13.3. The zero-order valence-electron chi connectivity index (χ0n) is 8.66. The monoisotopic (exact) mass is 275 g/mol. The number of carbonyl (C=O) groups is 1. The summed E-state index contributed by atoms with van der Waals surface area (Å²) in [6.07, 6.45) is -3.02. The number of nitrogens with zero attached hydrogens (tertiary/aromatic N) is 1. The SMILES string of the molecule is O=Cc1conc1-c1cc(C(F)(F)F)ccc1Cl. The smallest absolute Gasteiger partial charge is 0.363 e. The third-order valence-corrected chi connectivity index (χ3v) is 2.60. The molecule has 2 aromatic rings. The molecule has 3 nitrogen and oxygen atoms in total. The minimum atomic E-state index is -4.50. The Hall–Kier alpha value is -1.82. The lowest BCUT2D eigenvalue weighted by Crippen LogP contribution is -2.05. The molecule has 1 aromatic carbocycles. The molecule has 0 aliphatic rings. The van der Waals surface area contributed by atoms with Gasteiger partial charge in [-0.25, -0.2) is 0 Å². The fourth-order valence-corrected chi connectivity index (χ4v) is 1.62. The summed E-state index contributed by atoms with van der Waals surface area (Å²) in [5, 5.41) is 3.54. The van der Waals surface area contributed by atoms with Crippen molar-refractivity contribution in [3.8, 4) is 11.3 Å². The minimum absolute atomic E-state index is 0.00217. The largest absolute Gasteiger partial charge is 0.416 e. The topological polar surface area (TPSA) is 43.1 Å². The van der Waals surface area contributed by atoms with E-state index >= 15 is 0 Å². The van der Waals surface area contributed by atoms with Crippen LogP contribution in [0.25, 0.3) is 11.3 Å². The van der Waals surface area contributed by atoms with Gasteiger partial charge in [-0.15, -0.1) is 0 Å². The summed E-state index contributed by atoms with van der Waals surface area (Å²) in [4.78, 5) is 10.7. The van der Waals surface area contributed by atoms with Crippen molar-refractivity contribution in [1.29, 1.82) is 0 Å². The molecule has 0 atom stereocenters. The van der Waals surface area contributed by atoms with Gasteiger partial charge in [0.2, 0.25) is 0 Å². The molecule has 0 bridgehead atoms. The molecule has 0 saturated carbocycles. The van der Waals surface area contributed by atoms with Gasteiger partial charge in [-0.2, -0.15) is 13.2 Å². The molecule has 7 heteroatoms. The van der Waals surface area contributed by atoms with Crippen LogP contribution < -0.4 is 0 Å². The molecule has 0 amide bonds. The highest BCUT2D eigenvalue weighted by Gasteiger charge is 2.31. The second-order valence-corrected chi connectivity index (χ2v) is 3.84. The number of aldehydes is 1. The predicted molar refractivity (Wildman–Crippen MR) is 57.3 cm³/mol. The molecule has 0 radical (unpaired) electrons. The number of alkyl halides is 3. The van der Waals surface area contributed by atoms with Crippen LogP contribution in [-0.4, -0.2) is 11.4 Å². The van der Waals surface area contributed by atoms with Crippen LogP contribution in [0, 0.1) is 0 Å². The van der Waals surface area contributed by atoms with Crippen molar-refractivity contribution >= 4 is 17.9 Å². The quantitative estimate of drug-likeness (QED) is 0.782. The molecular weight excluding hydrogens is 271 g/mol. The standard InChI is InChI=1S/C11H5ClF3NO2/c12-9-2-1-7(11(13,14)15)3-8(9)10-6(4-17)5-18-16-10/h1-5H. The lowest BCUT2D eigenvalue weighted by molar-refractivity contribution is -0.137. The van der Waals surface area contributed by atoms with Crippen molar-refractivity contribution < 1.29 is 22.5 Å². The molecule has 0 aliphatic carbocycles. The number of benzene rings is 1. The van der Waals surface area contributed by atoms with E-state index in [2.05, 4.69) is 9.68 Å². The number of hydrogen-bond donors (Lipinski definition) is 0. The van der Waals surface area contributed by atoms with Gasteiger partial charge in [0, 0.05) is 5.56 Å². The van der Waals surface area contributed by atoms with Gasteiger partial charge in [0.15, 0.2) is 6.29 Å². The number of hydrogen-bond acceptors (Lipinski definition) is 3. The third kappa shape index (κ3) is 2.24. The van der Waals surface area contributed by atoms with Gasteiger partial charge < -0.3 is 4.52 Å². The van der Waals surface area contributed by atoms with Gasteiger partial charge in [-0.05, 0) is 18.2 Å². The van der Waals surface area contributed by atoms with Crippen molar-refractivity contribution in [2.75, 3.05) is 0 Å². The first-order chi connectivity index (χ1) is 8.43. The van der Waals surface area contributed by atoms with Gasteiger partial charge in [0.05, 0.1) is 16.1 Å². The van der Waals surface area contributed by atoms with E-state index in [-0.39, 0.29) is 21.8 Å². The van der Waals surface area contributed by atoms with Crippen LogP contribution in [0.4, 0.5) is 13.2 Å². The maximum atomic E-state index is 12.6. The fraction of sp³-hybridized carbons (Fsp3) is 0.0909. The second kappa shape index (κ2) is 4.45. The molecule has 0 fully saturated rings. The van der Waals surface area contributed by atoms with E-state index in [0.29, 0.717) is 6.29 Å². The summed E-state index contributed by atoms with van der Waals surface area (Å²) in [6, 6.07) is 2.78. The van der Waals surface area contributed by atoms with E-state index in [0.717, 1.165) is 24.5 Å². The van der Waals surface area contributed by atoms with E-state index in [1.165, 1.54) is 0 Å². The van der Waals surface area contributed by atoms with Gasteiger partial charge >= 0.3 is 6.18 Å². The van der Waals surface area contributed by atoms with E-state index < -0.39 is 11.7 Å². The zero-order valence-corrected chi connectivity index (χ0v) is 9.42. The highest BCUT2D eigenvalue weighted by atomic mass is 35.5. The molecule has 2 rings (SSSR count). The maximum Gasteiger partial charge on any atom is 0.416 e.